The molecule has 48 heavy (non-hydrogen) atoms. The number of hydrogen-bond acceptors (Lipinski definition) is 8. The standard InChI is InChI=1S/C37H39FN2O8/c1-39-28(17-18-29(42)22-11-14-25(38)15-12-22)32(40(37(39)47)26-5-3-2-4-6-26)27-16-13-24(19-30(27)43)21-7-9-23(10-8-21)36-35(46)34(45)33(44)31(20-41)48-36/h2-16,19,28-29,31-36,41-46H,17-18,20H2,1H3/t28-,29-,31+,32+,33+,34-,35+,36-/m0/s1. The molecule has 0 aliphatic carbocycles. The molecule has 2 saturated heterocycles. The molecule has 2 amide bonds. The van der Waals surface area contributed by atoms with Crippen molar-refractivity contribution in [2.75, 3.05) is 18.6 Å². The van der Waals surface area contributed by atoms with E-state index in [4.69, 9.17) is 4.74 Å². The number of urea groups is 1. The van der Waals surface area contributed by atoms with Gasteiger partial charge in [0.15, 0.2) is 0 Å². The van der Waals surface area contributed by atoms with E-state index in [1.165, 1.54) is 24.3 Å². The van der Waals surface area contributed by atoms with Gasteiger partial charge < -0.3 is 40.3 Å². The van der Waals surface area contributed by atoms with E-state index in [2.05, 4.69) is 0 Å². The van der Waals surface area contributed by atoms with Crippen LogP contribution in [0.3, 0.4) is 0 Å². The number of phenolic OH excluding ortho intramolecular Hbond substituents is 1. The highest BCUT2D eigenvalue weighted by molar-refractivity contribution is 5.96. The number of ether oxygens (including phenoxy) is 1. The van der Waals surface area contributed by atoms with Crippen molar-refractivity contribution >= 4 is 11.7 Å². The number of rotatable bonds is 9. The zero-order valence-corrected chi connectivity index (χ0v) is 26.2. The lowest BCUT2D eigenvalue weighted by Crippen LogP contribution is -2.55. The number of nitrogens with zero attached hydrogens (tertiary/aromatic N) is 2. The third-order valence-electron chi connectivity index (χ3n) is 9.49. The minimum atomic E-state index is -1.49. The Morgan fingerprint density at radius 1 is 0.854 bits per heavy atom. The fraction of sp³-hybridized carbons (Fsp3) is 0.324. The van der Waals surface area contributed by atoms with Gasteiger partial charge >= 0.3 is 6.03 Å². The van der Waals surface area contributed by atoms with E-state index in [1.807, 2.05) is 36.4 Å². The van der Waals surface area contributed by atoms with E-state index in [0.29, 0.717) is 40.8 Å². The molecule has 4 aromatic rings. The summed E-state index contributed by atoms with van der Waals surface area (Å²) in [6.45, 7) is -0.523. The summed E-state index contributed by atoms with van der Waals surface area (Å²) in [4.78, 5) is 17.0. The van der Waals surface area contributed by atoms with Gasteiger partial charge in [-0.1, -0.05) is 66.7 Å². The summed E-state index contributed by atoms with van der Waals surface area (Å²) in [7, 11) is 1.70. The Bertz CT molecular complexity index is 1710. The Morgan fingerprint density at radius 2 is 1.52 bits per heavy atom. The second-order valence-corrected chi connectivity index (χ2v) is 12.4. The molecule has 0 spiro atoms. The van der Waals surface area contributed by atoms with E-state index < -0.39 is 61.1 Å². The molecule has 6 rings (SSSR count). The minimum absolute atomic E-state index is 0.0244. The zero-order valence-electron chi connectivity index (χ0n) is 26.2. The number of aliphatic hydroxyl groups is 5. The van der Waals surface area contributed by atoms with Crippen molar-refractivity contribution in [1.29, 1.82) is 0 Å². The van der Waals surface area contributed by atoms with Gasteiger partial charge in [-0.25, -0.2) is 9.18 Å². The van der Waals surface area contributed by atoms with Crippen molar-refractivity contribution in [2.45, 2.75) is 61.5 Å². The quantitative estimate of drug-likeness (QED) is 0.156. The van der Waals surface area contributed by atoms with Crippen LogP contribution in [0.4, 0.5) is 14.9 Å². The molecule has 2 aliphatic rings. The van der Waals surface area contributed by atoms with Crippen molar-refractivity contribution in [3.05, 3.63) is 120 Å². The molecule has 10 nitrogen and oxygen atoms in total. The maximum Gasteiger partial charge on any atom is 0.325 e. The number of aromatic hydroxyl groups is 1. The minimum Gasteiger partial charge on any atom is -0.508 e. The summed E-state index contributed by atoms with van der Waals surface area (Å²) < 4.78 is 19.1. The Hall–Kier alpha value is -4.36. The molecular formula is C37H39FN2O8. The number of anilines is 1. The molecule has 0 unspecified atom stereocenters. The smallest absolute Gasteiger partial charge is 0.325 e. The molecule has 0 aromatic heterocycles. The first kappa shape index (κ1) is 33.5. The van der Waals surface area contributed by atoms with Crippen molar-refractivity contribution in [2.24, 2.45) is 0 Å². The highest BCUT2D eigenvalue weighted by Crippen LogP contribution is 2.44. The lowest BCUT2D eigenvalue weighted by Gasteiger charge is -2.40. The number of para-hydroxylation sites is 1. The van der Waals surface area contributed by atoms with Gasteiger partial charge in [-0.15, -0.1) is 0 Å². The summed E-state index contributed by atoms with van der Waals surface area (Å²) in [5.74, 6) is -0.419. The Balaban J connectivity index is 1.27. The van der Waals surface area contributed by atoms with Crippen molar-refractivity contribution in [3.8, 4) is 16.9 Å². The van der Waals surface area contributed by atoms with E-state index in [1.54, 1.807) is 53.2 Å². The summed E-state index contributed by atoms with van der Waals surface area (Å²) in [5.41, 5.74) is 3.72. The Labute approximate surface area is 277 Å². The van der Waals surface area contributed by atoms with Crippen molar-refractivity contribution < 1.29 is 44.6 Å². The van der Waals surface area contributed by atoms with Gasteiger partial charge in [0.1, 0.15) is 42.1 Å². The average molecular weight is 659 g/mol. The van der Waals surface area contributed by atoms with Crippen LogP contribution in [0.1, 0.15) is 47.8 Å². The zero-order chi connectivity index (χ0) is 34.1. The van der Waals surface area contributed by atoms with Crippen LogP contribution in [-0.4, -0.2) is 85.7 Å². The summed E-state index contributed by atoms with van der Waals surface area (Å²) >= 11 is 0. The number of hydrogen-bond donors (Lipinski definition) is 6. The van der Waals surface area contributed by atoms with Gasteiger partial charge in [-0.2, -0.15) is 0 Å². The van der Waals surface area contributed by atoms with Crippen molar-refractivity contribution in [1.82, 2.24) is 4.90 Å². The molecule has 2 aliphatic heterocycles. The molecule has 8 atom stereocenters. The van der Waals surface area contributed by atoms with Crippen LogP contribution in [0.15, 0.2) is 97.1 Å². The first-order valence-electron chi connectivity index (χ1n) is 15.9. The fourth-order valence-electron chi connectivity index (χ4n) is 6.77. The second-order valence-electron chi connectivity index (χ2n) is 12.4. The molecule has 252 valence electrons. The number of benzene rings is 4. The van der Waals surface area contributed by atoms with Gasteiger partial charge in [-0.05, 0) is 65.4 Å². The summed E-state index contributed by atoms with van der Waals surface area (Å²) in [5, 5.41) is 62.8. The lowest BCUT2D eigenvalue weighted by atomic mass is 9.89. The normalized spacial score (nSPS) is 26.6. The first-order chi connectivity index (χ1) is 23.1. The molecule has 4 aromatic carbocycles. The average Bonchev–Trinajstić information content (AvgIpc) is 3.35. The van der Waals surface area contributed by atoms with Gasteiger partial charge in [0, 0.05) is 18.3 Å². The molecule has 0 radical (unpaired) electrons. The van der Waals surface area contributed by atoms with Crippen molar-refractivity contribution in [3.63, 3.8) is 0 Å². The first-order valence-corrected chi connectivity index (χ1v) is 15.9. The number of carbonyl (C=O) groups is 1. The van der Waals surface area contributed by atoms with E-state index >= 15 is 0 Å². The van der Waals surface area contributed by atoms with E-state index in [0.717, 1.165) is 5.56 Å². The van der Waals surface area contributed by atoms with Gasteiger partial charge in [-0.3, -0.25) is 4.90 Å². The third kappa shape index (κ3) is 6.40. The Morgan fingerprint density at radius 3 is 2.17 bits per heavy atom. The maximum absolute atomic E-state index is 13.7. The van der Waals surface area contributed by atoms with E-state index in [9.17, 15) is 39.8 Å². The molecule has 0 saturated carbocycles. The lowest BCUT2D eigenvalue weighted by molar-refractivity contribution is -0.231. The SMILES string of the molecule is CN1C(=O)N(c2ccccc2)[C@H](c2ccc(-c3ccc([C@@H]4O[C@H](CO)[C@@H](O)[C@H](O)[C@H]4O)cc3)cc2O)[C@@H]1CC[C@H](O)c1ccc(F)cc1. The van der Waals surface area contributed by atoms with Crippen LogP contribution in [-0.2, 0) is 4.74 Å². The summed E-state index contributed by atoms with van der Waals surface area (Å²) in [6.07, 6.45) is -6.51. The Kier molecular flexibility index (Phi) is 9.79. The summed E-state index contributed by atoms with van der Waals surface area (Å²) in [6, 6.07) is 25.8. The highest BCUT2D eigenvalue weighted by atomic mass is 19.1. The van der Waals surface area contributed by atoms with Gasteiger partial charge in [0.2, 0.25) is 0 Å². The molecule has 2 heterocycles. The van der Waals surface area contributed by atoms with Crippen LogP contribution in [0.5, 0.6) is 5.75 Å². The van der Waals surface area contributed by atoms with Crippen LogP contribution in [0.2, 0.25) is 0 Å². The third-order valence-corrected chi connectivity index (χ3v) is 9.49. The number of amides is 2. The molecule has 6 N–H and O–H groups in total. The van der Waals surface area contributed by atoms with Gasteiger partial charge in [0.25, 0.3) is 0 Å². The molecule has 0 bridgehead atoms. The fourth-order valence-corrected chi connectivity index (χ4v) is 6.77. The monoisotopic (exact) mass is 658 g/mol. The molecule has 2 fully saturated rings. The number of halogens is 1. The number of phenols is 1. The topological polar surface area (TPSA) is 154 Å². The van der Waals surface area contributed by atoms with Crippen LogP contribution in [0, 0.1) is 5.82 Å². The van der Waals surface area contributed by atoms with Gasteiger partial charge in [0.05, 0.1) is 24.8 Å². The van der Waals surface area contributed by atoms with Crippen LogP contribution in [0.25, 0.3) is 11.1 Å². The number of aliphatic hydroxyl groups excluding tert-OH is 5. The molecular weight excluding hydrogens is 619 g/mol. The van der Waals surface area contributed by atoms with Crippen LogP contribution < -0.4 is 4.90 Å². The van der Waals surface area contributed by atoms with Crippen LogP contribution >= 0.6 is 0 Å². The highest BCUT2D eigenvalue weighted by Gasteiger charge is 2.47. The molecule has 11 heteroatoms. The maximum atomic E-state index is 13.7. The largest absolute Gasteiger partial charge is 0.508 e. The number of carbonyl (C=O) groups excluding carboxylic acids is 1. The van der Waals surface area contributed by atoms with E-state index in [-0.39, 0.29) is 11.8 Å². The number of likely N-dealkylation sites (N-methyl/N-ethyl adjacent to an activating group) is 1. The predicted molar refractivity (Wildman–Crippen MR) is 175 cm³/mol. The second kappa shape index (κ2) is 14.0. The predicted octanol–water partition coefficient (Wildman–Crippen LogP) is 4.21.